The van der Waals surface area contributed by atoms with E-state index in [2.05, 4.69) is 33.0 Å². The van der Waals surface area contributed by atoms with E-state index in [1.807, 2.05) is 0 Å². The Morgan fingerprint density at radius 1 is 1.35 bits per heavy atom. The second-order valence-corrected chi connectivity index (χ2v) is 5.83. The number of rotatable bonds is 4. The molecule has 2 N–H and O–H groups in total. The molecule has 2 rings (SSSR count). The fourth-order valence-electron chi connectivity index (χ4n) is 2.50. The van der Waals surface area contributed by atoms with Gasteiger partial charge in [0.05, 0.1) is 6.54 Å². The highest BCUT2D eigenvalue weighted by molar-refractivity contribution is 5.84. The lowest BCUT2D eigenvalue weighted by molar-refractivity contribution is 0.0660. The summed E-state index contributed by atoms with van der Waals surface area (Å²) >= 11 is 0. The maximum absolute atomic E-state index is 10.7. The molecule has 17 heavy (non-hydrogen) atoms. The van der Waals surface area contributed by atoms with Crippen molar-refractivity contribution >= 4 is 5.97 Å². The number of carboxylic acid groups (broad SMARTS) is 1. The lowest BCUT2D eigenvalue weighted by Crippen LogP contribution is -2.21. The first-order chi connectivity index (χ1) is 7.76. The van der Waals surface area contributed by atoms with Gasteiger partial charge in [-0.25, -0.2) is 4.79 Å². The molecule has 0 amide bonds. The molecule has 1 saturated carbocycles. The maximum atomic E-state index is 10.7. The zero-order chi connectivity index (χ0) is 12.8. The van der Waals surface area contributed by atoms with Crippen molar-refractivity contribution in [2.45, 2.75) is 40.3 Å². The Balaban J connectivity index is 1.93. The summed E-state index contributed by atoms with van der Waals surface area (Å²) in [5.74, 6) is -0.361. The molecule has 0 atom stereocenters. The van der Waals surface area contributed by atoms with E-state index in [-0.39, 0.29) is 16.6 Å². The molecular formula is C13H19NO3. The number of hydrogen-bond donors (Lipinski definition) is 2. The van der Waals surface area contributed by atoms with Crippen LogP contribution in [-0.4, -0.2) is 17.1 Å². The van der Waals surface area contributed by atoms with Gasteiger partial charge in [0.25, 0.3) is 0 Å². The van der Waals surface area contributed by atoms with Crippen molar-refractivity contribution < 1.29 is 14.3 Å². The number of furan rings is 1. The topological polar surface area (TPSA) is 62.5 Å². The van der Waals surface area contributed by atoms with Gasteiger partial charge in [-0.05, 0) is 23.0 Å². The molecule has 1 aromatic rings. The minimum atomic E-state index is -1.02. The van der Waals surface area contributed by atoms with Crippen molar-refractivity contribution in [1.29, 1.82) is 0 Å². The fraction of sp³-hybridized carbons (Fsp3) is 0.615. The predicted molar refractivity (Wildman–Crippen MR) is 63.9 cm³/mol. The van der Waals surface area contributed by atoms with E-state index in [1.54, 1.807) is 6.07 Å². The SMILES string of the molecule is CC1(C)C(NCc2ccc(C(=O)O)o2)C1(C)C. The Morgan fingerprint density at radius 2 is 1.94 bits per heavy atom. The highest BCUT2D eigenvalue weighted by atomic mass is 16.4. The van der Waals surface area contributed by atoms with Crippen LogP contribution >= 0.6 is 0 Å². The van der Waals surface area contributed by atoms with Gasteiger partial charge in [-0.15, -0.1) is 0 Å². The van der Waals surface area contributed by atoms with Crippen LogP contribution in [0.5, 0.6) is 0 Å². The quantitative estimate of drug-likeness (QED) is 0.844. The van der Waals surface area contributed by atoms with Crippen molar-refractivity contribution in [1.82, 2.24) is 5.32 Å². The van der Waals surface area contributed by atoms with E-state index >= 15 is 0 Å². The van der Waals surface area contributed by atoms with Crippen molar-refractivity contribution in [2.24, 2.45) is 10.8 Å². The van der Waals surface area contributed by atoms with Gasteiger partial charge in [-0.3, -0.25) is 0 Å². The van der Waals surface area contributed by atoms with Crippen LogP contribution in [0, 0.1) is 10.8 Å². The molecule has 94 valence electrons. The van der Waals surface area contributed by atoms with Crippen LogP contribution in [0.25, 0.3) is 0 Å². The smallest absolute Gasteiger partial charge is 0.371 e. The summed E-state index contributed by atoms with van der Waals surface area (Å²) < 4.78 is 5.20. The lowest BCUT2D eigenvalue weighted by Gasteiger charge is -2.03. The first kappa shape index (κ1) is 12.2. The maximum Gasteiger partial charge on any atom is 0.371 e. The van der Waals surface area contributed by atoms with Gasteiger partial charge in [0.15, 0.2) is 0 Å². The van der Waals surface area contributed by atoms with E-state index in [0.717, 1.165) is 0 Å². The molecule has 0 radical (unpaired) electrons. The summed E-state index contributed by atoms with van der Waals surface area (Å²) in [6.45, 7) is 9.50. The van der Waals surface area contributed by atoms with Gasteiger partial charge in [0.1, 0.15) is 5.76 Å². The zero-order valence-corrected chi connectivity index (χ0v) is 10.7. The van der Waals surface area contributed by atoms with Gasteiger partial charge >= 0.3 is 5.97 Å². The van der Waals surface area contributed by atoms with E-state index in [9.17, 15) is 4.79 Å². The molecule has 0 saturated heterocycles. The summed E-state index contributed by atoms with van der Waals surface area (Å²) in [7, 11) is 0. The highest BCUT2D eigenvalue weighted by Crippen LogP contribution is 2.62. The molecule has 0 bridgehead atoms. The van der Waals surface area contributed by atoms with Crippen molar-refractivity contribution in [3.05, 3.63) is 23.7 Å². The van der Waals surface area contributed by atoms with Crippen molar-refractivity contribution in [3.8, 4) is 0 Å². The average molecular weight is 237 g/mol. The molecule has 1 aliphatic rings. The van der Waals surface area contributed by atoms with E-state index < -0.39 is 5.97 Å². The molecule has 0 spiro atoms. The van der Waals surface area contributed by atoms with Gasteiger partial charge < -0.3 is 14.8 Å². The van der Waals surface area contributed by atoms with Gasteiger partial charge in [0, 0.05) is 6.04 Å². The van der Waals surface area contributed by atoms with Crippen LogP contribution in [0.3, 0.4) is 0 Å². The molecule has 1 fully saturated rings. The van der Waals surface area contributed by atoms with Crippen LogP contribution < -0.4 is 5.32 Å². The first-order valence-corrected chi connectivity index (χ1v) is 5.82. The molecule has 0 aliphatic heterocycles. The Morgan fingerprint density at radius 3 is 2.35 bits per heavy atom. The molecule has 4 nitrogen and oxygen atoms in total. The lowest BCUT2D eigenvalue weighted by atomic mass is 10.0. The van der Waals surface area contributed by atoms with E-state index in [4.69, 9.17) is 9.52 Å². The van der Waals surface area contributed by atoms with Crippen molar-refractivity contribution in [3.63, 3.8) is 0 Å². The molecular weight excluding hydrogens is 218 g/mol. The minimum absolute atomic E-state index is 0.00360. The second kappa shape index (κ2) is 3.60. The Labute approximate surface area is 101 Å². The third-order valence-corrected chi connectivity index (χ3v) is 4.37. The monoisotopic (exact) mass is 237 g/mol. The zero-order valence-electron chi connectivity index (χ0n) is 10.7. The normalized spacial score (nSPS) is 21.4. The summed E-state index contributed by atoms with van der Waals surface area (Å²) in [5.41, 5.74) is 0.546. The molecule has 0 unspecified atom stereocenters. The number of hydrogen-bond acceptors (Lipinski definition) is 3. The molecule has 1 aromatic heterocycles. The van der Waals surface area contributed by atoms with Gasteiger partial charge in [-0.2, -0.15) is 0 Å². The third kappa shape index (κ3) is 1.86. The van der Waals surface area contributed by atoms with E-state index in [1.165, 1.54) is 6.07 Å². The standard InChI is InChI=1S/C13H19NO3/c1-12(2)11(13(12,3)4)14-7-8-5-6-9(17-8)10(15)16/h5-6,11,14H,7H2,1-4H3,(H,15,16). The summed E-state index contributed by atoms with van der Waals surface area (Å²) in [4.78, 5) is 10.7. The molecule has 1 aliphatic carbocycles. The fourth-order valence-corrected chi connectivity index (χ4v) is 2.50. The third-order valence-electron chi connectivity index (χ3n) is 4.37. The largest absolute Gasteiger partial charge is 0.475 e. The van der Waals surface area contributed by atoms with Crippen LogP contribution in [0.1, 0.15) is 44.0 Å². The van der Waals surface area contributed by atoms with Crippen LogP contribution in [-0.2, 0) is 6.54 Å². The summed E-state index contributed by atoms with van der Waals surface area (Å²) in [5, 5.41) is 12.2. The summed E-state index contributed by atoms with van der Waals surface area (Å²) in [6, 6.07) is 3.63. The number of carboxylic acids is 1. The van der Waals surface area contributed by atoms with E-state index in [0.29, 0.717) is 18.3 Å². The second-order valence-electron chi connectivity index (χ2n) is 5.83. The molecule has 0 aromatic carbocycles. The van der Waals surface area contributed by atoms with Gasteiger partial charge in [-0.1, -0.05) is 27.7 Å². The number of aromatic carboxylic acids is 1. The minimum Gasteiger partial charge on any atom is -0.475 e. The van der Waals surface area contributed by atoms with Gasteiger partial charge in [0.2, 0.25) is 5.76 Å². The number of carbonyl (C=O) groups is 1. The average Bonchev–Trinajstić information content (AvgIpc) is 2.58. The Bertz CT molecular complexity index is 431. The van der Waals surface area contributed by atoms with Crippen molar-refractivity contribution in [2.75, 3.05) is 0 Å². The Hall–Kier alpha value is -1.29. The van der Waals surface area contributed by atoms with Crippen LogP contribution in [0.2, 0.25) is 0 Å². The molecule has 4 heteroatoms. The molecule has 1 heterocycles. The Kier molecular flexibility index (Phi) is 2.58. The van der Waals surface area contributed by atoms with Crippen LogP contribution in [0.4, 0.5) is 0 Å². The van der Waals surface area contributed by atoms with Crippen LogP contribution in [0.15, 0.2) is 16.5 Å². The number of nitrogens with one attached hydrogen (secondary N) is 1. The summed E-state index contributed by atoms with van der Waals surface area (Å²) in [6.07, 6.45) is 0. The highest BCUT2D eigenvalue weighted by Gasteiger charge is 2.64. The first-order valence-electron chi connectivity index (χ1n) is 5.82. The predicted octanol–water partition coefficient (Wildman–Crippen LogP) is 2.50.